The van der Waals surface area contributed by atoms with E-state index in [4.69, 9.17) is 0 Å². The fourth-order valence-corrected chi connectivity index (χ4v) is 3.68. The Balaban J connectivity index is 1.84. The highest BCUT2D eigenvalue weighted by atomic mass is 16.1. The summed E-state index contributed by atoms with van der Waals surface area (Å²) in [7, 11) is 0. The van der Waals surface area contributed by atoms with Crippen molar-refractivity contribution in [1.82, 2.24) is 15.2 Å². The molecule has 1 aromatic heterocycles. The van der Waals surface area contributed by atoms with Gasteiger partial charge in [-0.05, 0) is 70.8 Å². The molecule has 0 spiro atoms. The molecule has 2 unspecified atom stereocenters. The number of nitrogens with zero attached hydrogens (tertiary/aromatic N) is 1. The van der Waals surface area contributed by atoms with Crippen LogP contribution in [0.15, 0.2) is 30.3 Å². The average Bonchev–Trinajstić information content (AvgIpc) is 2.82. The number of hydrogen-bond acceptors (Lipinski definition) is 2. The van der Waals surface area contributed by atoms with E-state index in [-0.39, 0.29) is 11.9 Å². The molecule has 1 aromatic carbocycles. The third kappa shape index (κ3) is 3.39. The number of carbonyl (C=O) groups excluding carboxylic acids is 1. The van der Waals surface area contributed by atoms with Gasteiger partial charge >= 0.3 is 0 Å². The standard InChI is InChI=1S/C20H27N3O/c1-13-6-5-7-18(10-13)23-15(3)12-19(16(23)4)20(24)22-17-8-9-21-14(2)11-17/h5-7,10,12,14,17,21H,8-9,11H2,1-4H3,(H,22,24). The highest BCUT2D eigenvalue weighted by molar-refractivity contribution is 5.96. The van der Waals surface area contributed by atoms with Crippen molar-refractivity contribution in [2.45, 2.75) is 52.6 Å². The molecule has 1 fully saturated rings. The summed E-state index contributed by atoms with van der Waals surface area (Å²) in [6, 6.07) is 11.1. The van der Waals surface area contributed by atoms with Crippen LogP contribution < -0.4 is 10.6 Å². The lowest BCUT2D eigenvalue weighted by atomic mass is 10.0. The molecular formula is C20H27N3O. The van der Waals surface area contributed by atoms with E-state index < -0.39 is 0 Å². The van der Waals surface area contributed by atoms with E-state index in [1.54, 1.807) is 0 Å². The second-order valence-corrected chi connectivity index (χ2v) is 7.01. The van der Waals surface area contributed by atoms with Crippen LogP contribution >= 0.6 is 0 Å². The van der Waals surface area contributed by atoms with E-state index in [1.807, 2.05) is 13.0 Å². The third-order valence-corrected chi connectivity index (χ3v) is 4.89. The highest BCUT2D eigenvalue weighted by Crippen LogP contribution is 2.22. The molecule has 1 saturated heterocycles. The zero-order valence-corrected chi connectivity index (χ0v) is 15.0. The van der Waals surface area contributed by atoms with Crippen molar-refractivity contribution in [2.24, 2.45) is 0 Å². The molecular weight excluding hydrogens is 298 g/mol. The molecule has 24 heavy (non-hydrogen) atoms. The second-order valence-electron chi connectivity index (χ2n) is 7.01. The van der Waals surface area contributed by atoms with Crippen LogP contribution in [-0.4, -0.2) is 29.1 Å². The molecule has 2 N–H and O–H groups in total. The number of aromatic nitrogens is 1. The van der Waals surface area contributed by atoms with E-state index >= 15 is 0 Å². The van der Waals surface area contributed by atoms with Gasteiger partial charge in [0.25, 0.3) is 5.91 Å². The van der Waals surface area contributed by atoms with E-state index in [1.165, 1.54) is 5.56 Å². The zero-order chi connectivity index (χ0) is 17.3. The van der Waals surface area contributed by atoms with Gasteiger partial charge in [0.1, 0.15) is 0 Å². The minimum atomic E-state index is 0.0427. The van der Waals surface area contributed by atoms with Crippen LogP contribution in [0.5, 0.6) is 0 Å². The number of amides is 1. The summed E-state index contributed by atoms with van der Waals surface area (Å²) in [6.45, 7) is 9.30. The first-order valence-corrected chi connectivity index (χ1v) is 8.76. The number of benzene rings is 1. The Morgan fingerprint density at radius 2 is 2.04 bits per heavy atom. The lowest BCUT2D eigenvalue weighted by Crippen LogP contribution is -2.46. The molecule has 2 aromatic rings. The van der Waals surface area contributed by atoms with Gasteiger partial charge in [-0.2, -0.15) is 0 Å². The summed E-state index contributed by atoms with van der Waals surface area (Å²) in [5, 5.41) is 6.64. The van der Waals surface area contributed by atoms with Gasteiger partial charge in [-0.1, -0.05) is 12.1 Å². The van der Waals surface area contributed by atoms with Gasteiger partial charge in [0.15, 0.2) is 0 Å². The minimum absolute atomic E-state index is 0.0427. The van der Waals surface area contributed by atoms with Crippen molar-refractivity contribution in [3.05, 3.63) is 52.8 Å². The Morgan fingerprint density at radius 1 is 1.25 bits per heavy atom. The second kappa shape index (κ2) is 6.81. The molecule has 1 amide bonds. The van der Waals surface area contributed by atoms with Crippen molar-refractivity contribution in [1.29, 1.82) is 0 Å². The SMILES string of the molecule is Cc1cccc(-n2c(C)cc(C(=O)NC3CCNC(C)C3)c2C)c1. The maximum atomic E-state index is 12.8. The molecule has 0 bridgehead atoms. The lowest BCUT2D eigenvalue weighted by molar-refractivity contribution is 0.0925. The van der Waals surface area contributed by atoms with Crippen molar-refractivity contribution in [3.8, 4) is 5.69 Å². The first kappa shape index (κ1) is 16.8. The fourth-order valence-electron chi connectivity index (χ4n) is 3.68. The Morgan fingerprint density at radius 3 is 2.75 bits per heavy atom. The number of hydrogen-bond donors (Lipinski definition) is 2. The smallest absolute Gasteiger partial charge is 0.253 e. The summed E-state index contributed by atoms with van der Waals surface area (Å²) in [4.78, 5) is 12.8. The number of piperidine rings is 1. The highest BCUT2D eigenvalue weighted by Gasteiger charge is 2.23. The van der Waals surface area contributed by atoms with E-state index in [0.29, 0.717) is 6.04 Å². The third-order valence-electron chi connectivity index (χ3n) is 4.89. The van der Waals surface area contributed by atoms with Gasteiger partial charge in [-0.15, -0.1) is 0 Å². The van der Waals surface area contributed by atoms with E-state index in [2.05, 4.69) is 60.2 Å². The van der Waals surface area contributed by atoms with Crippen molar-refractivity contribution < 1.29 is 4.79 Å². The predicted molar refractivity (Wildman–Crippen MR) is 97.9 cm³/mol. The average molecular weight is 325 g/mol. The molecule has 4 nitrogen and oxygen atoms in total. The summed E-state index contributed by atoms with van der Waals surface area (Å²) in [5.74, 6) is 0.0427. The van der Waals surface area contributed by atoms with Gasteiger partial charge in [0.05, 0.1) is 5.56 Å². The largest absolute Gasteiger partial charge is 0.349 e. The molecule has 1 aliphatic rings. The van der Waals surface area contributed by atoms with Crippen molar-refractivity contribution in [2.75, 3.05) is 6.54 Å². The first-order chi connectivity index (χ1) is 11.5. The fraction of sp³-hybridized carbons (Fsp3) is 0.450. The molecule has 2 atom stereocenters. The Hall–Kier alpha value is -2.07. The molecule has 3 rings (SSSR count). The van der Waals surface area contributed by atoms with E-state index in [9.17, 15) is 4.79 Å². The van der Waals surface area contributed by atoms with E-state index in [0.717, 1.165) is 42.0 Å². The van der Waals surface area contributed by atoms with Crippen LogP contribution in [0, 0.1) is 20.8 Å². The summed E-state index contributed by atoms with van der Waals surface area (Å²) in [6.07, 6.45) is 1.98. The molecule has 0 aliphatic carbocycles. The number of nitrogens with one attached hydrogen (secondary N) is 2. The predicted octanol–water partition coefficient (Wildman–Crippen LogP) is 3.27. The van der Waals surface area contributed by atoms with Crippen LogP contribution in [0.25, 0.3) is 5.69 Å². The number of rotatable bonds is 3. The van der Waals surface area contributed by atoms with Gasteiger partial charge in [0, 0.05) is 29.2 Å². The maximum absolute atomic E-state index is 12.8. The molecule has 1 aliphatic heterocycles. The molecule has 0 saturated carbocycles. The Bertz CT molecular complexity index is 747. The monoisotopic (exact) mass is 325 g/mol. The quantitative estimate of drug-likeness (QED) is 0.910. The number of carbonyl (C=O) groups is 1. The first-order valence-electron chi connectivity index (χ1n) is 8.76. The van der Waals surface area contributed by atoms with Crippen LogP contribution in [0.4, 0.5) is 0 Å². The maximum Gasteiger partial charge on any atom is 0.253 e. The normalized spacial score (nSPS) is 20.8. The van der Waals surface area contributed by atoms with Crippen LogP contribution in [0.3, 0.4) is 0 Å². The van der Waals surface area contributed by atoms with Gasteiger partial charge in [0.2, 0.25) is 0 Å². The molecule has 2 heterocycles. The van der Waals surface area contributed by atoms with Gasteiger partial charge in [-0.25, -0.2) is 0 Å². The van der Waals surface area contributed by atoms with Gasteiger partial charge < -0.3 is 15.2 Å². The number of aryl methyl sites for hydroxylation is 2. The Kier molecular flexibility index (Phi) is 4.76. The Labute approximate surface area is 144 Å². The van der Waals surface area contributed by atoms with Gasteiger partial charge in [-0.3, -0.25) is 4.79 Å². The van der Waals surface area contributed by atoms with Crippen LogP contribution in [-0.2, 0) is 0 Å². The zero-order valence-electron chi connectivity index (χ0n) is 15.0. The summed E-state index contributed by atoms with van der Waals surface area (Å²) < 4.78 is 2.16. The van der Waals surface area contributed by atoms with Crippen molar-refractivity contribution in [3.63, 3.8) is 0 Å². The molecule has 4 heteroatoms. The topological polar surface area (TPSA) is 46.1 Å². The van der Waals surface area contributed by atoms with Crippen LogP contribution in [0.1, 0.15) is 47.1 Å². The summed E-state index contributed by atoms with van der Waals surface area (Å²) in [5.41, 5.74) is 5.19. The molecule has 128 valence electrons. The summed E-state index contributed by atoms with van der Waals surface area (Å²) >= 11 is 0. The van der Waals surface area contributed by atoms with Crippen LogP contribution in [0.2, 0.25) is 0 Å². The lowest BCUT2D eigenvalue weighted by Gasteiger charge is -2.28. The van der Waals surface area contributed by atoms with Crippen molar-refractivity contribution >= 4 is 5.91 Å². The minimum Gasteiger partial charge on any atom is -0.349 e. The molecule has 0 radical (unpaired) electrons.